The number of aromatic nitrogens is 1. The zero-order chi connectivity index (χ0) is 17.8. The van der Waals surface area contributed by atoms with Gasteiger partial charge in [0, 0.05) is 18.7 Å². The molecule has 2 heterocycles. The summed E-state index contributed by atoms with van der Waals surface area (Å²) in [6.07, 6.45) is 2.74. The molecule has 1 fully saturated rings. The second-order valence-corrected chi connectivity index (χ2v) is 5.76. The number of benzene rings is 1. The molecule has 130 valence electrons. The molecule has 1 aliphatic heterocycles. The number of carbonyl (C=O) groups is 3. The third kappa shape index (κ3) is 4.03. The zero-order valence-electron chi connectivity index (χ0n) is 13.5. The topological polar surface area (TPSA) is 119 Å². The quantitative estimate of drug-likeness (QED) is 0.803. The monoisotopic (exact) mass is 342 g/mol. The van der Waals surface area contributed by atoms with Crippen LogP contribution in [0, 0.1) is 0 Å². The van der Waals surface area contributed by atoms with Gasteiger partial charge in [-0.15, -0.1) is 0 Å². The van der Waals surface area contributed by atoms with Crippen molar-refractivity contribution in [3.05, 3.63) is 47.7 Å². The molecule has 0 bridgehead atoms. The van der Waals surface area contributed by atoms with Gasteiger partial charge in [-0.3, -0.25) is 14.4 Å². The molecule has 0 aliphatic carbocycles. The van der Waals surface area contributed by atoms with Crippen molar-refractivity contribution in [1.29, 1.82) is 0 Å². The number of amides is 3. The van der Waals surface area contributed by atoms with E-state index in [1.807, 2.05) is 24.3 Å². The first kappa shape index (κ1) is 16.7. The number of oxazole rings is 1. The van der Waals surface area contributed by atoms with Gasteiger partial charge in [-0.25, -0.2) is 4.98 Å². The van der Waals surface area contributed by atoms with Gasteiger partial charge in [0.25, 0.3) is 5.91 Å². The van der Waals surface area contributed by atoms with Gasteiger partial charge < -0.3 is 20.4 Å². The molecule has 1 aromatic carbocycles. The lowest BCUT2D eigenvalue weighted by atomic mass is 10.1. The molecule has 0 spiro atoms. The summed E-state index contributed by atoms with van der Waals surface area (Å²) in [5.74, 6) is -0.590. The van der Waals surface area contributed by atoms with E-state index >= 15 is 0 Å². The third-order valence-corrected chi connectivity index (χ3v) is 3.90. The highest BCUT2D eigenvalue weighted by molar-refractivity contribution is 5.95. The van der Waals surface area contributed by atoms with Crippen molar-refractivity contribution >= 4 is 23.4 Å². The molecule has 0 radical (unpaired) electrons. The fourth-order valence-corrected chi connectivity index (χ4v) is 2.68. The molecule has 1 saturated heterocycles. The van der Waals surface area contributed by atoms with Crippen molar-refractivity contribution in [1.82, 2.24) is 10.3 Å². The third-order valence-electron chi connectivity index (χ3n) is 3.90. The number of hydrogen-bond acceptors (Lipinski definition) is 5. The van der Waals surface area contributed by atoms with Crippen molar-refractivity contribution in [2.45, 2.75) is 25.8 Å². The van der Waals surface area contributed by atoms with Crippen LogP contribution in [0.25, 0.3) is 0 Å². The van der Waals surface area contributed by atoms with Crippen LogP contribution in [0.15, 0.2) is 34.9 Å². The number of carbonyl (C=O) groups excluding carboxylic acids is 3. The summed E-state index contributed by atoms with van der Waals surface area (Å²) in [5.41, 5.74) is 6.72. The molecule has 0 saturated carbocycles. The lowest BCUT2D eigenvalue weighted by molar-refractivity contribution is -0.120. The largest absolute Gasteiger partial charge is 0.446 e. The Morgan fingerprint density at radius 3 is 2.88 bits per heavy atom. The molecule has 0 unspecified atom stereocenters. The Balaban J connectivity index is 1.57. The molecule has 8 nitrogen and oxygen atoms in total. The van der Waals surface area contributed by atoms with Gasteiger partial charge in [0.2, 0.25) is 17.7 Å². The minimum absolute atomic E-state index is 0.0206. The number of hydrogen-bond donors (Lipinski definition) is 2. The van der Waals surface area contributed by atoms with Crippen LogP contribution >= 0.6 is 0 Å². The Morgan fingerprint density at radius 1 is 1.36 bits per heavy atom. The summed E-state index contributed by atoms with van der Waals surface area (Å²) >= 11 is 0. The Morgan fingerprint density at radius 2 is 2.20 bits per heavy atom. The second-order valence-electron chi connectivity index (χ2n) is 5.76. The highest BCUT2D eigenvalue weighted by atomic mass is 16.3. The summed E-state index contributed by atoms with van der Waals surface area (Å²) in [6, 6.07) is 7.37. The Bertz CT molecular complexity index is 814. The second kappa shape index (κ2) is 7.16. The van der Waals surface area contributed by atoms with Crippen LogP contribution in [0.5, 0.6) is 0 Å². The fraction of sp³-hybridized carbons (Fsp3) is 0.294. The smallest absolute Gasteiger partial charge is 0.270 e. The molecular formula is C17H18N4O4. The number of nitrogens with one attached hydrogen (secondary N) is 1. The van der Waals surface area contributed by atoms with Crippen molar-refractivity contribution in [2.24, 2.45) is 5.73 Å². The SMILES string of the molecule is NC(=O)c1coc(CNC(=O)Cc2cccc(N3CCCC3=O)c2)n1. The first-order valence-electron chi connectivity index (χ1n) is 7.93. The van der Waals surface area contributed by atoms with Gasteiger partial charge in [0.15, 0.2) is 5.69 Å². The van der Waals surface area contributed by atoms with Crippen LogP contribution < -0.4 is 16.0 Å². The number of anilines is 1. The highest BCUT2D eigenvalue weighted by Crippen LogP contribution is 2.22. The van der Waals surface area contributed by atoms with Crippen LogP contribution in [-0.4, -0.2) is 29.3 Å². The summed E-state index contributed by atoms with van der Waals surface area (Å²) in [6.45, 7) is 0.775. The molecular weight excluding hydrogens is 324 g/mol. The molecule has 1 aliphatic rings. The van der Waals surface area contributed by atoms with Gasteiger partial charge in [-0.2, -0.15) is 0 Å². The summed E-state index contributed by atoms with van der Waals surface area (Å²) in [4.78, 5) is 40.4. The van der Waals surface area contributed by atoms with Gasteiger partial charge in [-0.05, 0) is 24.1 Å². The van der Waals surface area contributed by atoms with Crippen molar-refractivity contribution < 1.29 is 18.8 Å². The maximum Gasteiger partial charge on any atom is 0.270 e. The average molecular weight is 342 g/mol. The van der Waals surface area contributed by atoms with E-state index in [2.05, 4.69) is 10.3 Å². The zero-order valence-corrected chi connectivity index (χ0v) is 13.5. The number of rotatable bonds is 6. The van der Waals surface area contributed by atoms with E-state index in [0.717, 1.165) is 23.9 Å². The van der Waals surface area contributed by atoms with E-state index in [-0.39, 0.29) is 36.4 Å². The predicted octanol–water partition coefficient (Wildman–Crippen LogP) is 0.759. The highest BCUT2D eigenvalue weighted by Gasteiger charge is 2.21. The molecule has 2 aromatic rings. The molecule has 3 rings (SSSR count). The average Bonchev–Trinajstić information content (AvgIpc) is 3.22. The van der Waals surface area contributed by atoms with Crippen LogP contribution in [0.1, 0.15) is 34.8 Å². The lowest BCUT2D eigenvalue weighted by Gasteiger charge is -2.16. The standard InChI is InChI=1S/C17H18N4O4/c18-17(24)13-10-25-15(20-13)9-19-14(22)8-11-3-1-4-12(7-11)21-6-2-5-16(21)23/h1,3-4,7,10H,2,5-6,8-9H2,(H2,18,24)(H,19,22). The van der Waals surface area contributed by atoms with Crippen molar-refractivity contribution in [3.8, 4) is 0 Å². The lowest BCUT2D eigenvalue weighted by Crippen LogP contribution is -2.26. The Kier molecular flexibility index (Phi) is 4.78. The van der Waals surface area contributed by atoms with Gasteiger partial charge in [0.05, 0.1) is 13.0 Å². The number of nitrogens with zero attached hydrogens (tertiary/aromatic N) is 2. The molecule has 8 heteroatoms. The Labute approximate surface area is 144 Å². The summed E-state index contributed by atoms with van der Waals surface area (Å²) < 4.78 is 5.05. The van der Waals surface area contributed by atoms with Gasteiger partial charge in [-0.1, -0.05) is 12.1 Å². The molecule has 3 amide bonds. The van der Waals surface area contributed by atoms with E-state index in [1.165, 1.54) is 0 Å². The first-order valence-corrected chi connectivity index (χ1v) is 7.93. The van der Waals surface area contributed by atoms with Crippen LogP contribution in [0.3, 0.4) is 0 Å². The van der Waals surface area contributed by atoms with E-state index in [0.29, 0.717) is 13.0 Å². The van der Waals surface area contributed by atoms with Crippen LogP contribution in [-0.2, 0) is 22.6 Å². The molecule has 25 heavy (non-hydrogen) atoms. The van der Waals surface area contributed by atoms with Crippen molar-refractivity contribution in [2.75, 3.05) is 11.4 Å². The van der Waals surface area contributed by atoms with E-state index in [9.17, 15) is 14.4 Å². The van der Waals surface area contributed by atoms with E-state index in [4.69, 9.17) is 10.2 Å². The first-order chi connectivity index (χ1) is 12.0. The minimum Gasteiger partial charge on any atom is -0.446 e. The van der Waals surface area contributed by atoms with Crippen LogP contribution in [0.4, 0.5) is 5.69 Å². The fourth-order valence-electron chi connectivity index (χ4n) is 2.68. The molecule has 0 atom stereocenters. The van der Waals surface area contributed by atoms with Gasteiger partial charge >= 0.3 is 0 Å². The summed E-state index contributed by atoms with van der Waals surface area (Å²) in [5, 5.41) is 2.67. The van der Waals surface area contributed by atoms with E-state index in [1.54, 1.807) is 4.90 Å². The maximum absolute atomic E-state index is 12.1. The normalized spacial score (nSPS) is 13.9. The van der Waals surface area contributed by atoms with Crippen molar-refractivity contribution in [3.63, 3.8) is 0 Å². The molecule has 3 N–H and O–H groups in total. The maximum atomic E-state index is 12.1. The molecule has 1 aromatic heterocycles. The minimum atomic E-state index is -0.686. The predicted molar refractivity (Wildman–Crippen MR) is 88.6 cm³/mol. The Hall–Kier alpha value is -3.16. The summed E-state index contributed by atoms with van der Waals surface area (Å²) in [7, 11) is 0. The van der Waals surface area contributed by atoms with Crippen LogP contribution in [0.2, 0.25) is 0 Å². The number of nitrogens with two attached hydrogens (primary N) is 1. The van der Waals surface area contributed by atoms with Gasteiger partial charge in [0.1, 0.15) is 6.26 Å². The van der Waals surface area contributed by atoms with E-state index < -0.39 is 5.91 Å². The number of primary amides is 1.